The third-order valence-electron chi connectivity index (χ3n) is 4.29. The highest BCUT2D eigenvalue weighted by Crippen LogP contribution is 2.14. The minimum absolute atomic E-state index is 0.0180. The fraction of sp³-hybridized carbons (Fsp3) is 0.304. The van der Waals surface area contributed by atoms with Crippen LogP contribution in [0.5, 0.6) is 5.75 Å². The van der Waals surface area contributed by atoms with E-state index in [0.717, 1.165) is 0 Å². The molecule has 30 heavy (non-hydrogen) atoms. The Kier molecular flexibility index (Phi) is 8.29. The first-order chi connectivity index (χ1) is 14.3. The van der Waals surface area contributed by atoms with Crippen LogP contribution in [-0.4, -0.2) is 36.2 Å². The normalized spacial score (nSPS) is 11.3. The summed E-state index contributed by atoms with van der Waals surface area (Å²) in [4.78, 5) is 46.6. The second-order valence-electron chi connectivity index (χ2n) is 6.79. The van der Waals surface area contributed by atoms with Gasteiger partial charge in [0, 0.05) is 23.2 Å². The lowest BCUT2D eigenvalue weighted by Gasteiger charge is -2.14. The maximum Gasteiger partial charge on any atom is 0.306 e. The standard InChI is InChI=1S/C23H25NO6/c1-15(25)18-6-10-20(11-7-18)24-23(28)17(3)30-22(27)5-4-14-29-21-12-8-19(9-13-21)16(2)26/h6-13,17H,4-5,14H2,1-3H3,(H,24,28)/t17-/m0/s1. The number of esters is 1. The molecule has 2 aromatic carbocycles. The lowest BCUT2D eigenvalue weighted by Crippen LogP contribution is -2.30. The quantitative estimate of drug-likeness (QED) is 0.362. The van der Waals surface area contributed by atoms with Crippen molar-refractivity contribution >= 4 is 29.1 Å². The van der Waals surface area contributed by atoms with Crippen molar-refractivity contribution < 1.29 is 28.7 Å². The molecule has 0 saturated heterocycles. The number of anilines is 1. The number of ketones is 2. The Balaban J connectivity index is 1.69. The third kappa shape index (κ3) is 7.16. The van der Waals surface area contributed by atoms with Crippen molar-refractivity contribution in [2.75, 3.05) is 11.9 Å². The molecule has 0 heterocycles. The molecule has 1 amide bonds. The first-order valence-electron chi connectivity index (χ1n) is 9.61. The number of hydrogen-bond donors (Lipinski definition) is 1. The average molecular weight is 411 g/mol. The molecule has 7 nitrogen and oxygen atoms in total. The van der Waals surface area contributed by atoms with Gasteiger partial charge in [-0.25, -0.2) is 0 Å². The van der Waals surface area contributed by atoms with Crippen molar-refractivity contribution in [3.63, 3.8) is 0 Å². The number of rotatable bonds is 10. The van der Waals surface area contributed by atoms with Gasteiger partial charge in [0.2, 0.25) is 0 Å². The lowest BCUT2D eigenvalue weighted by molar-refractivity contribution is -0.153. The number of carbonyl (C=O) groups is 4. The summed E-state index contributed by atoms with van der Waals surface area (Å²) in [5.74, 6) is -0.430. The van der Waals surface area contributed by atoms with E-state index in [1.165, 1.54) is 20.8 Å². The van der Waals surface area contributed by atoms with E-state index < -0.39 is 18.0 Å². The number of benzene rings is 2. The van der Waals surface area contributed by atoms with E-state index in [4.69, 9.17) is 9.47 Å². The highest BCUT2D eigenvalue weighted by molar-refractivity contribution is 5.97. The molecular weight excluding hydrogens is 386 g/mol. The van der Waals surface area contributed by atoms with Gasteiger partial charge >= 0.3 is 5.97 Å². The predicted octanol–water partition coefficient (Wildman–Crippen LogP) is 3.82. The van der Waals surface area contributed by atoms with E-state index in [9.17, 15) is 19.2 Å². The molecule has 0 radical (unpaired) electrons. The fourth-order valence-electron chi connectivity index (χ4n) is 2.53. The molecule has 0 aromatic heterocycles. The minimum atomic E-state index is -0.954. The highest BCUT2D eigenvalue weighted by Gasteiger charge is 2.18. The van der Waals surface area contributed by atoms with Crippen LogP contribution in [-0.2, 0) is 14.3 Å². The Morgan fingerprint density at radius 2 is 1.40 bits per heavy atom. The molecule has 0 aliphatic rings. The zero-order valence-corrected chi connectivity index (χ0v) is 17.3. The number of ether oxygens (including phenoxy) is 2. The van der Waals surface area contributed by atoms with Gasteiger partial charge in [-0.05, 0) is 75.7 Å². The summed E-state index contributed by atoms with van der Waals surface area (Å²) < 4.78 is 10.7. The number of carbonyl (C=O) groups excluding carboxylic acids is 4. The molecule has 2 rings (SSSR count). The second kappa shape index (κ2) is 10.9. The van der Waals surface area contributed by atoms with Crippen LogP contribution in [0.15, 0.2) is 48.5 Å². The SMILES string of the molecule is CC(=O)c1ccc(NC(=O)[C@H](C)OC(=O)CCCOc2ccc(C(C)=O)cc2)cc1. The van der Waals surface area contributed by atoms with Crippen molar-refractivity contribution in [3.05, 3.63) is 59.7 Å². The molecule has 2 aromatic rings. The average Bonchev–Trinajstić information content (AvgIpc) is 2.71. The summed E-state index contributed by atoms with van der Waals surface area (Å²) in [5, 5.41) is 2.64. The zero-order valence-electron chi connectivity index (χ0n) is 17.3. The first kappa shape index (κ1) is 22.8. The molecule has 0 bridgehead atoms. The Bertz CT molecular complexity index is 902. The maximum atomic E-state index is 12.2. The summed E-state index contributed by atoms with van der Waals surface area (Å²) in [7, 11) is 0. The van der Waals surface area contributed by atoms with E-state index in [2.05, 4.69) is 5.32 Å². The van der Waals surface area contributed by atoms with E-state index in [-0.39, 0.29) is 18.0 Å². The van der Waals surface area contributed by atoms with Crippen LogP contribution in [0, 0.1) is 0 Å². The Morgan fingerprint density at radius 1 is 0.867 bits per heavy atom. The smallest absolute Gasteiger partial charge is 0.306 e. The molecule has 0 unspecified atom stereocenters. The van der Waals surface area contributed by atoms with E-state index in [0.29, 0.717) is 35.6 Å². The molecule has 7 heteroatoms. The van der Waals surface area contributed by atoms with Gasteiger partial charge in [-0.3, -0.25) is 19.2 Å². The fourth-order valence-corrected chi connectivity index (χ4v) is 2.53. The summed E-state index contributed by atoms with van der Waals surface area (Å²) >= 11 is 0. The molecular formula is C23H25NO6. The molecule has 0 aliphatic heterocycles. The van der Waals surface area contributed by atoms with Crippen LogP contribution < -0.4 is 10.1 Å². The molecule has 0 saturated carbocycles. The predicted molar refractivity (Wildman–Crippen MR) is 112 cm³/mol. The van der Waals surface area contributed by atoms with Gasteiger partial charge in [0.15, 0.2) is 17.7 Å². The molecule has 0 fully saturated rings. The lowest BCUT2D eigenvalue weighted by atomic mass is 10.1. The third-order valence-corrected chi connectivity index (χ3v) is 4.29. The van der Waals surface area contributed by atoms with Crippen LogP contribution in [0.2, 0.25) is 0 Å². The van der Waals surface area contributed by atoms with Gasteiger partial charge in [-0.15, -0.1) is 0 Å². The van der Waals surface area contributed by atoms with Gasteiger partial charge in [-0.2, -0.15) is 0 Å². The summed E-state index contributed by atoms with van der Waals surface area (Å²) in [6.07, 6.45) is -0.421. The van der Waals surface area contributed by atoms with Crippen molar-refractivity contribution in [1.82, 2.24) is 0 Å². The second-order valence-corrected chi connectivity index (χ2v) is 6.79. The minimum Gasteiger partial charge on any atom is -0.494 e. The van der Waals surface area contributed by atoms with Gasteiger partial charge in [0.05, 0.1) is 6.61 Å². The Morgan fingerprint density at radius 3 is 1.93 bits per heavy atom. The van der Waals surface area contributed by atoms with E-state index in [1.54, 1.807) is 48.5 Å². The zero-order chi connectivity index (χ0) is 22.1. The van der Waals surface area contributed by atoms with Crippen molar-refractivity contribution in [3.8, 4) is 5.75 Å². The number of hydrogen-bond acceptors (Lipinski definition) is 6. The van der Waals surface area contributed by atoms with E-state index in [1.807, 2.05) is 0 Å². The number of nitrogens with one attached hydrogen (secondary N) is 1. The van der Waals surface area contributed by atoms with Crippen LogP contribution in [0.4, 0.5) is 5.69 Å². The monoisotopic (exact) mass is 411 g/mol. The van der Waals surface area contributed by atoms with Crippen molar-refractivity contribution in [2.24, 2.45) is 0 Å². The van der Waals surface area contributed by atoms with Crippen LogP contribution in [0.3, 0.4) is 0 Å². The Labute approximate surface area is 175 Å². The molecule has 158 valence electrons. The molecule has 1 N–H and O–H groups in total. The van der Waals surface area contributed by atoms with Crippen LogP contribution in [0.1, 0.15) is 54.3 Å². The van der Waals surface area contributed by atoms with Crippen molar-refractivity contribution in [1.29, 1.82) is 0 Å². The number of Topliss-reactive ketones (excluding diaryl/α,β-unsaturated/α-hetero) is 2. The summed E-state index contributed by atoms with van der Waals surface area (Å²) in [5.41, 5.74) is 1.66. The highest BCUT2D eigenvalue weighted by atomic mass is 16.5. The topological polar surface area (TPSA) is 98.8 Å². The molecule has 0 spiro atoms. The molecule has 1 atom stereocenters. The van der Waals surface area contributed by atoms with Gasteiger partial charge < -0.3 is 14.8 Å². The Hall–Kier alpha value is -3.48. The first-order valence-corrected chi connectivity index (χ1v) is 9.61. The summed E-state index contributed by atoms with van der Waals surface area (Å²) in [6.45, 7) is 4.75. The van der Waals surface area contributed by atoms with E-state index >= 15 is 0 Å². The maximum absolute atomic E-state index is 12.2. The van der Waals surface area contributed by atoms with Gasteiger partial charge in [-0.1, -0.05) is 0 Å². The van der Waals surface area contributed by atoms with Crippen LogP contribution in [0.25, 0.3) is 0 Å². The largest absolute Gasteiger partial charge is 0.494 e. The molecule has 0 aliphatic carbocycles. The van der Waals surface area contributed by atoms with Gasteiger partial charge in [0.25, 0.3) is 5.91 Å². The summed E-state index contributed by atoms with van der Waals surface area (Å²) in [6, 6.07) is 13.2. The van der Waals surface area contributed by atoms with Gasteiger partial charge in [0.1, 0.15) is 5.75 Å². The van der Waals surface area contributed by atoms with Crippen LogP contribution >= 0.6 is 0 Å². The number of amides is 1. The van der Waals surface area contributed by atoms with Crippen molar-refractivity contribution in [2.45, 2.75) is 39.7 Å².